The number of hydrogen-bond acceptors (Lipinski definition) is 5. The number of H-pyrrole nitrogens is 1. The smallest absolute Gasteiger partial charge is 0.251 e. The lowest BCUT2D eigenvalue weighted by Crippen LogP contribution is -2.21. The van der Waals surface area contributed by atoms with E-state index in [0.29, 0.717) is 22.3 Å². The first kappa shape index (κ1) is 19.4. The van der Waals surface area contributed by atoms with E-state index >= 15 is 0 Å². The van der Waals surface area contributed by atoms with E-state index in [9.17, 15) is 14.4 Å². The second kappa shape index (κ2) is 9.01. The lowest BCUT2D eigenvalue weighted by atomic mass is 10.1. The zero-order chi connectivity index (χ0) is 19.9. The summed E-state index contributed by atoms with van der Waals surface area (Å²) in [6.07, 6.45) is -0.101. The molecule has 2 amide bonds. The van der Waals surface area contributed by atoms with E-state index in [2.05, 4.69) is 15.3 Å². The van der Waals surface area contributed by atoms with Crippen LogP contribution >= 0.6 is 11.8 Å². The molecule has 1 aromatic heterocycles. The molecule has 0 aliphatic rings. The second-order valence-electron chi connectivity index (χ2n) is 5.95. The Hall–Kier alpha value is -3.39. The number of nitrogens with zero attached hydrogens (tertiary/aromatic N) is 1. The Labute approximate surface area is 165 Å². The Morgan fingerprint density at radius 2 is 1.79 bits per heavy atom. The fourth-order valence-corrected chi connectivity index (χ4v) is 3.38. The van der Waals surface area contributed by atoms with Crippen LogP contribution in [-0.4, -0.2) is 21.8 Å². The molecule has 0 atom stereocenters. The number of carbonyl (C=O) groups is 2. The summed E-state index contributed by atoms with van der Waals surface area (Å²) in [5.74, 6) is -0.388. The van der Waals surface area contributed by atoms with Gasteiger partial charge >= 0.3 is 0 Å². The first-order valence-corrected chi connectivity index (χ1v) is 9.45. The van der Waals surface area contributed by atoms with E-state index in [1.165, 1.54) is 23.9 Å². The van der Waals surface area contributed by atoms with Gasteiger partial charge in [0.1, 0.15) is 0 Å². The summed E-state index contributed by atoms with van der Waals surface area (Å²) in [4.78, 5) is 42.7. The average molecular weight is 394 g/mol. The summed E-state index contributed by atoms with van der Waals surface area (Å²) >= 11 is 1.38. The van der Waals surface area contributed by atoms with Crippen molar-refractivity contribution in [3.8, 4) is 0 Å². The van der Waals surface area contributed by atoms with Crippen LogP contribution in [0.1, 0.15) is 21.6 Å². The molecule has 8 heteroatoms. The highest BCUT2D eigenvalue weighted by atomic mass is 32.2. The van der Waals surface area contributed by atoms with Gasteiger partial charge in [0, 0.05) is 11.8 Å². The quantitative estimate of drug-likeness (QED) is 0.420. The van der Waals surface area contributed by atoms with Crippen LogP contribution in [0.2, 0.25) is 0 Å². The predicted octanol–water partition coefficient (Wildman–Crippen LogP) is 2.34. The fourth-order valence-electron chi connectivity index (χ4n) is 2.53. The third kappa shape index (κ3) is 5.31. The molecule has 1 heterocycles. The SMILES string of the molecule is NC(=O)c1ccccc1NC(=O)Cc1cc(=O)[nH]c(SCc2ccccc2)n1. The minimum atomic E-state index is -0.634. The van der Waals surface area contributed by atoms with E-state index in [4.69, 9.17) is 5.73 Å². The maximum atomic E-state index is 12.3. The number of primary amides is 1. The lowest BCUT2D eigenvalue weighted by molar-refractivity contribution is -0.115. The number of aromatic amines is 1. The number of nitrogens with one attached hydrogen (secondary N) is 2. The van der Waals surface area contributed by atoms with Crippen molar-refractivity contribution < 1.29 is 9.59 Å². The molecule has 0 aliphatic heterocycles. The van der Waals surface area contributed by atoms with Crippen LogP contribution in [0.5, 0.6) is 0 Å². The second-order valence-corrected chi connectivity index (χ2v) is 6.91. The van der Waals surface area contributed by atoms with Gasteiger partial charge in [-0.3, -0.25) is 14.4 Å². The van der Waals surface area contributed by atoms with Gasteiger partial charge in [-0.1, -0.05) is 54.2 Å². The Balaban J connectivity index is 1.68. The topological polar surface area (TPSA) is 118 Å². The van der Waals surface area contributed by atoms with E-state index in [-0.39, 0.29) is 17.5 Å². The number of hydrogen-bond donors (Lipinski definition) is 3. The van der Waals surface area contributed by atoms with Crippen molar-refractivity contribution in [1.29, 1.82) is 0 Å². The summed E-state index contributed by atoms with van der Waals surface area (Å²) in [5, 5.41) is 3.08. The van der Waals surface area contributed by atoms with Gasteiger partial charge in [-0.05, 0) is 17.7 Å². The van der Waals surface area contributed by atoms with Crippen LogP contribution < -0.4 is 16.6 Å². The zero-order valence-corrected chi connectivity index (χ0v) is 15.7. The molecule has 0 saturated carbocycles. The van der Waals surface area contributed by atoms with Gasteiger partial charge in [0.05, 0.1) is 23.4 Å². The number of thioether (sulfide) groups is 1. The standard InChI is InChI=1S/C20H18N4O3S/c21-19(27)15-8-4-5-9-16(15)23-17(25)10-14-11-18(26)24-20(22-14)28-12-13-6-2-1-3-7-13/h1-9,11H,10,12H2,(H2,21,27)(H,23,25)(H,22,24,26). The van der Waals surface area contributed by atoms with Gasteiger partial charge in [-0.25, -0.2) is 4.98 Å². The monoisotopic (exact) mass is 394 g/mol. The number of carbonyl (C=O) groups excluding carboxylic acids is 2. The van der Waals surface area contributed by atoms with Crippen molar-refractivity contribution in [2.24, 2.45) is 5.73 Å². The van der Waals surface area contributed by atoms with Gasteiger partial charge in [-0.2, -0.15) is 0 Å². The van der Waals surface area contributed by atoms with Crippen LogP contribution in [0.4, 0.5) is 5.69 Å². The molecule has 7 nitrogen and oxygen atoms in total. The number of aromatic nitrogens is 2. The number of para-hydroxylation sites is 1. The van der Waals surface area contributed by atoms with E-state index in [1.807, 2.05) is 30.3 Å². The van der Waals surface area contributed by atoms with Crippen LogP contribution in [0.15, 0.2) is 70.6 Å². The Bertz CT molecular complexity index is 1050. The molecule has 142 valence electrons. The van der Waals surface area contributed by atoms with Crippen molar-refractivity contribution in [2.75, 3.05) is 5.32 Å². The molecule has 28 heavy (non-hydrogen) atoms. The van der Waals surface area contributed by atoms with Crippen LogP contribution in [0.3, 0.4) is 0 Å². The molecule has 0 fully saturated rings. The summed E-state index contributed by atoms with van der Waals surface area (Å²) in [5.41, 5.74) is 6.96. The highest BCUT2D eigenvalue weighted by Crippen LogP contribution is 2.18. The van der Waals surface area contributed by atoms with Gasteiger partial charge in [0.15, 0.2) is 5.16 Å². The number of nitrogens with two attached hydrogens (primary N) is 1. The fraction of sp³-hybridized carbons (Fsp3) is 0.100. The highest BCUT2D eigenvalue weighted by molar-refractivity contribution is 7.98. The third-order valence-corrected chi connectivity index (χ3v) is 4.74. The minimum absolute atomic E-state index is 0.101. The van der Waals surface area contributed by atoms with E-state index < -0.39 is 11.8 Å². The van der Waals surface area contributed by atoms with Gasteiger partial charge in [0.2, 0.25) is 5.91 Å². The molecule has 3 rings (SSSR count). The van der Waals surface area contributed by atoms with Gasteiger partial charge in [0.25, 0.3) is 11.5 Å². The molecule has 0 saturated heterocycles. The predicted molar refractivity (Wildman–Crippen MR) is 108 cm³/mol. The Morgan fingerprint density at radius 1 is 1.07 bits per heavy atom. The summed E-state index contributed by atoms with van der Waals surface area (Å²) in [6, 6.07) is 17.5. The molecule has 0 bridgehead atoms. The Kier molecular flexibility index (Phi) is 6.23. The number of amides is 2. The average Bonchev–Trinajstić information content (AvgIpc) is 2.67. The molecule has 0 spiro atoms. The molecule has 3 aromatic rings. The molecule has 0 radical (unpaired) electrons. The van der Waals surface area contributed by atoms with Crippen LogP contribution in [-0.2, 0) is 17.0 Å². The lowest BCUT2D eigenvalue weighted by Gasteiger charge is -2.09. The molecular weight excluding hydrogens is 376 g/mol. The summed E-state index contributed by atoms with van der Waals surface area (Å²) < 4.78 is 0. The minimum Gasteiger partial charge on any atom is -0.366 e. The Morgan fingerprint density at radius 3 is 2.54 bits per heavy atom. The maximum Gasteiger partial charge on any atom is 0.251 e. The number of benzene rings is 2. The maximum absolute atomic E-state index is 12.3. The molecule has 0 unspecified atom stereocenters. The third-order valence-electron chi connectivity index (χ3n) is 3.80. The van der Waals surface area contributed by atoms with Crippen molar-refractivity contribution in [1.82, 2.24) is 9.97 Å². The highest BCUT2D eigenvalue weighted by Gasteiger charge is 2.12. The molecular formula is C20H18N4O3S. The number of rotatable bonds is 7. The van der Waals surface area contributed by atoms with Crippen molar-refractivity contribution in [3.05, 3.63) is 87.8 Å². The van der Waals surface area contributed by atoms with Gasteiger partial charge < -0.3 is 16.0 Å². The van der Waals surface area contributed by atoms with E-state index in [0.717, 1.165) is 5.56 Å². The molecule has 0 aliphatic carbocycles. The number of anilines is 1. The molecule has 4 N–H and O–H groups in total. The molecule has 2 aromatic carbocycles. The van der Waals surface area contributed by atoms with Crippen LogP contribution in [0.25, 0.3) is 0 Å². The largest absolute Gasteiger partial charge is 0.366 e. The van der Waals surface area contributed by atoms with Crippen molar-refractivity contribution in [3.63, 3.8) is 0 Å². The zero-order valence-electron chi connectivity index (χ0n) is 14.8. The van der Waals surface area contributed by atoms with Crippen LogP contribution in [0, 0.1) is 0 Å². The summed E-state index contributed by atoms with van der Waals surface area (Å²) in [7, 11) is 0. The van der Waals surface area contributed by atoms with Gasteiger partial charge in [-0.15, -0.1) is 0 Å². The first-order valence-electron chi connectivity index (χ1n) is 8.47. The first-order chi connectivity index (χ1) is 13.5. The normalized spacial score (nSPS) is 10.4. The van der Waals surface area contributed by atoms with Crippen molar-refractivity contribution in [2.45, 2.75) is 17.3 Å². The summed E-state index contributed by atoms with van der Waals surface area (Å²) in [6.45, 7) is 0. The van der Waals surface area contributed by atoms with Crippen molar-refractivity contribution >= 4 is 29.3 Å². The van der Waals surface area contributed by atoms with E-state index in [1.54, 1.807) is 18.2 Å².